The number of carbonyl (C=O) groups is 2. The van der Waals surface area contributed by atoms with Crippen molar-refractivity contribution >= 4 is 28.8 Å². The molecule has 0 saturated carbocycles. The summed E-state index contributed by atoms with van der Waals surface area (Å²) >= 11 is 0. The average Bonchev–Trinajstić information content (AvgIpc) is 3.08. The zero-order valence-corrected chi connectivity index (χ0v) is 16.9. The van der Waals surface area contributed by atoms with E-state index in [0.717, 1.165) is 22.2 Å². The number of rotatable bonds is 4. The van der Waals surface area contributed by atoms with Gasteiger partial charge in [-0.1, -0.05) is 18.2 Å². The van der Waals surface area contributed by atoms with Crippen LogP contribution in [0.5, 0.6) is 5.75 Å². The fourth-order valence-electron chi connectivity index (χ4n) is 3.91. The topological polar surface area (TPSA) is 78.0 Å². The molecule has 1 saturated heterocycles. The van der Waals surface area contributed by atoms with Gasteiger partial charge in [0.25, 0.3) is 11.8 Å². The van der Waals surface area contributed by atoms with Crippen molar-refractivity contribution in [3.63, 3.8) is 0 Å². The summed E-state index contributed by atoms with van der Waals surface area (Å²) in [7, 11) is 1.63. The zero-order valence-electron chi connectivity index (χ0n) is 16.9. The quantitative estimate of drug-likeness (QED) is 0.608. The summed E-state index contributed by atoms with van der Waals surface area (Å²) in [5.74, 6) is 0.150. The number of imide groups is 1. The minimum atomic E-state index is -0.569. The van der Waals surface area contributed by atoms with Gasteiger partial charge >= 0.3 is 0 Å². The molecule has 7 nitrogen and oxygen atoms in total. The van der Waals surface area contributed by atoms with Crippen molar-refractivity contribution in [2.75, 3.05) is 20.3 Å². The van der Waals surface area contributed by atoms with Crippen molar-refractivity contribution in [1.82, 2.24) is 9.88 Å². The van der Waals surface area contributed by atoms with Crippen molar-refractivity contribution in [2.24, 2.45) is 0 Å². The molecule has 0 spiro atoms. The standard InChI is InChI=1S/C24H20N2O5/c1-29-17-7-8-21-20(12-17)15(10-11-25-21)6-9-22-30-13-16(14-31-22)26-23(27)18-4-2-3-5-19(18)24(26)28/h2-12,16,22H,13-14H2,1H3/b9-6+. The minimum Gasteiger partial charge on any atom is -0.497 e. The Bertz CT molecular complexity index is 1160. The van der Waals surface area contributed by atoms with Gasteiger partial charge in [-0.3, -0.25) is 19.5 Å². The molecule has 3 aromatic rings. The second-order valence-corrected chi connectivity index (χ2v) is 7.36. The highest BCUT2D eigenvalue weighted by atomic mass is 16.7. The first kappa shape index (κ1) is 19.4. The predicted octanol–water partition coefficient (Wildman–Crippen LogP) is 3.29. The summed E-state index contributed by atoms with van der Waals surface area (Å²) < 4.78 is 16.9. The predicted molar refractivity (Wildman–Crippen MR) is 114 cm³/mol. The molecule has 7 heteroatoms. The first-order valence-corrected chi connectivity index (χ1v) is 9.97. The van der Waals surface area contributed by atoms with E-state index in [1.165, 1.54) is 4.90 Å². The monoisotopic (exact) mass is 416 g/mol. The number of nitrogens with zero attached hydrogens (tertiary/aromatic N) is 2. The van der Waals surface area contributed by atoms with Crippen LogP contribution in [0.15, 0.2) is 60.8 Å². The lowest BCUT2D eigenvalue weighted by Gasteiger charge is -2.32. The Morgan fingerprint density at radius 3 is 2.42 bits per heavy atom. The van der Waals surface area contributed by atoms with Gasteiger partial charge in [-0.15, -0.1) is 0 Å². The molecule has 0 atom stereocenters. The lowest BCUT2D eigenvalue weighted by molar-refractivity contribution is -0.171. The Labute approximate surface area is 178 Å². The van der Waals surface area contributed by atoms with Gasteiger partial charge in [0.2, 0.25) is 0 Å². The molecule has 2 aliphatic heterocycles. The van der Waals surface area contributed by atoms with Gasteiger partial charge in [-0.25, -0.2) is 0 Å². The Balaban J connectivity index is 1.28. The molecular formula is C24H20N2O5. The zero-order chi connectivity index (χ0) is 21.4. The van der Waals surface area contributed by atoms with Crippen LogP contribution < -0.4 is 4.74 Å². The fourth-order valence-corrected chi connectivity index (χ4v) is 3.91. The van der Waals surface area contributed by atoms with E-state index in [2.05, 4.69) is 4.98 Å². The Morgan fingerprint density at radius 2 is 1.74 bits per heavy atom. The van der Waals surface area contributed by atoms with Gasteiger partial charge in [0.1, 0.15) is 5.75 Å². The summed E-state index contributed by atoms with van der Waals surface area (Å²) in [6.45, 7) is 0.427. The normalized spacial score (nSPS) is 21.1. The SMILES string of the molecule is COc1ccc2nccc(/C=C/C3OCC(N4C(=O)c5ccccc5C4=O)CO3)c2c1. The molecule has 2 aromatic carbocycles. The fraction of sp³-hybridized carbons (Fsp3) is 0.208. The Morgan fingerprint density at radius 1 is 1.03 bits per heavy atom. The first-order chi connectivity index (χ1) is 15.2. The molecule has 0 bridgehead atoms. The highest BCUT2D eigenvalue weighted by Crippen LogP contribution is 2.27. The highest BCUT2D eigenvalue weighted by Gasteiger charge is 2.41. The molecule has 1 fully saturated rings. The van der Waals surface area contributed by atoms with Gasteiger partial charge in [0.15, 0.2) is 6.29 Å². The van der Waals surface area contributed by atoms with E-state index in [4.69, 9.17) is 14.2 Å². The van der Waals surface area contributed by atoms with Gasteiger partial charge in [0, 0.05) is 11.6 Å². The molecule has 0 aliphatic carbocycles. The molecule has 31 heavy (non-hydrogen) atoms. The molecule has 0 N–H and O–H groups in total. The molecular weight excluding hydrogens is 396 g/mol. The second-order valence-electron chi connectivity index (χ2n) is 7.36. The minimum absolute atomic E-state index is 0.214. The van der Waals surface area contributed by atoms with Crippen molar-refractivity contribution < 1.29 is 23.8 Å². The highest BCUT2D eigenvalue weighted by molar-refractivity contribution is 6.21. The van der Waals surface area contributed by atoms with Crippen LogP contribution in [-0.2, 0) is 9.47 Å². The van der Waals surface area contributed by atoms with Crippen molar-refractivity contribution in [2.45, 2.75) is 12.3 Å². The van der Waals surface area contributed by atoms with E-state index in [0.29, 0.717) is 11.1 Å². The number of benzene rings is 2. The number of fused-ring (bicyclic) bond motifs is 2. The largest absolute Gasteiger partial charge is 0.497 e. The van der Waals surface area contributed by atoms with Crippen LogP contribution in [0, 0.1) is 0 Å². The lowest BCUT2D eigenvalue weighted by Crippen LogP contribution is -2.49. The van der Waals surface area contributed by atoms with Crippen molar-refractivity contribution in [3.05, 3.63) is 77.5 Å². The number of amides is 2. The third-order valence-corrected chi connectivity index (χ3v) is 5.51. The van der Waals surface area contributed by atoms with Crippen LogP contribution in [0.2, 0.25) is 0 Å². The molecule has 0 radical (unpaired) electrons. The van der Waals surface area contributed by atoms with E-state index >= 15 is 0 Å². The Hall–Kier alpha value is -3.55. The first-order valence-electron chi connectivity index (χ1n) is 9.97. The number of pyridine rings is 1. The number of hydrogen-bond acceptors (Lipinski definition) is 6. The number of carbonyl (C=O) groups excluding carboxylic acids is 2. The van der Waals surface area contributed by atoms with Crippen LogP contribution in [-0.4, -0.2) is 54.4 Å². The number of methoxy groups -OCH3 is 1. The maximum absolute atomic E-state index is 12.6. The summed E-state index contributed by atoms with van der Waals surface area (Å²) in [6.07, 6.45) is 4.90. The Kier molecular flexibility index (Phi) is 4.97. The van der Waals surface area contributed by atoms with Gasteiger partial charge in [0.05, 0.1) is 43.0 Å². The summed E-state index contributed by atoms with van der Waals surface area (Å²) in [5.41, 5.74) is 2.67. The maximum Gasteiger partial charge on any atom is 0.261 e. The van der Waals surface area contributed by atoms with E-state index < -0.39 is 12.3 Å². The van der Waals surface area contributed by atoms with E-state index in [1.807, 2.05) is 36.4 Å². The van der Waals surface area contributed by atoms with Crippen molar-refractivity contribution in [3.8, 4) is 5.75 Å². The maximum atomic E-state index is 12.6. The molecule has 0 unspecified atom stereocenters. The smallest absolute Gasteiger partial charge is 0.261 e. The summed E-state index contributed by atoms with van der Waals surface area (Å²) in [4.78, 5) is 30.9. The molecule has 2 aliphatic rings. The lowest BCUT2D eigenvalue weighted by atomic mass is 10.1. The molecule has 2 amide bonds. The number of aromatic nitrogens is 1. The molecule has 3 heterocycles. The number of hydrogen-bond donors (Lipinski definition) is 0. The van der Waals surface area contributed by atoms with E-state index in [-0.39, 0.29) is 25.0 Å². The number of ether oxygens (including phenoxy) is 3. The molecule has 1 aromatic heterocycles. The average molecular weight is 416 g/mol. The third-order valence-electron chi connectivity index (χ3n) is 5.51. The van der Waals surface area contributed by atoms with Gasteiger partial charge < -0.3 is 14.2 Å². The van der Waals surface area contributed by atoms with Crippen LogP contribution in [0.25, 0.3) is 17.0 Å². The second kappa shape index (κ2) is 7.94. The van der Waals surface area contributed by atoms with E-state index in [1.54, 1.807) is 37.6 Å². The molecule has 5 rings (SSSR count). The van der Waals surface area contributed by atoms with Crippen LogP contribution in [0.4, 0.5) is 0 Å². The summed E-state index contributed by atoms with van der Waals surface area (Å²) in [6, 6.07) is 14.0. The van der Waals surface area contributed by atoms with Gasteiger partial charge in [-0.2, -0.15) is 0 Å². The van der Waals surface area contributed by atoms with Crippen LogP contribution >= 0.6 is 0 Å². The van der Waals surface area contributed by atoms with E-state index in [9.17, 15) is 9.59 Å². The summed E-state index contributed by atoms with van der Waals surface area (Å²) in [5, 5.41) is 0.956. The van der Waals surface area contributed by atoms with Crippen molar-refractivity contribution in [1.29, 1.82) is 0 Å². The van der Waals surface area contributed by atoms with Crippen LogP contribution in [0.3, 0.4) is 0 Å². The third kappa shape index (κ3) is 3.48. The van der Waals surface area contributed by atoms with Crippen LogP contribution in [0.1, 0.15) is 26.3 Å². The van der Waals surface area contributed by atoms with Gasteiger partial charge in [-0.05, 0) is 48.0 Å². The molecule has 156 valence electrons.